The van der Waals surface area contributed by atoms with Gasteiger partial charge in [0, 0.05) is 7.05 Å². The number of likely N-dealkylation sites (N-methyl/N-ethyl adjacent to an activating group) is 1. The van der Waals surface area contributed by atoms with Crippen molar-refractivity contribution in [1.29, 1.82) is 0 Å². The fourth-order valence-electron chi connectivity index (χ4n) is 1.51. The summed E-state index contributed by atoms with van der Waals surface area (Å²) < 4.78 is 0. The summed E-state index contributed by atoms with van der Waals surface area (Å²) in [6.45, 7) is 0.763. The Bertz CT molecular complexity index is 362. The van der Waals surface area contributed by atoms with Gasteiger partial charge in [0.1, 0.15) is 0 Å². The maximum absolute atomic E-state index is 11.1. The summed E-state index contributed by atoms with van der Waals surface area (Å²) in [5.41, 5.74) is 3.20. The van der Waals surface area contributed by atoms with E-state index in [2.05, 4.69) is 16.0 Å². The largest absolute Gasteiger partial charge is 0.366 e. The number of benzene rings is 1. The molecule has 1 amide bonds. The number of carbonyl (C=O) groups is 1. The standard InChI is InChI=1S/C10H13N3O/c1-11-10(14)5-7-2-3-8-9(4-7)13-6-12-8/h2-4,12-13H,5-6H2,1H3,(H,11,14). The van der Waals surface area contributed by atoms with Crippen molar-refractivity contribution in [2.75, 3.05) is 24.3 Å². The Labute approximate surface area is 82.7 Å². The van der Waals surface area contributed by atoms with Gasteiger partial charge in [0.05, 0.1) is 24.5 Å². The molecular formula is C10H13N3O. The molecule has 0 unspecified atom stereocenters. The summed E-state index contributed by atoms with van der Waals surface area (Å²) in [5, 5.41) is 8.98. The number of hydrogen-bond acceptors (Lipinski definition) is 3. The second-order valence-corrected chi connectivity index (χ2v) is 3.26. The number of amides is 1. The minimum atomic E-state index is 0.0379. The molecule has 0 spiro atoms. The summed E-state index contributed by atoms with van der Waals surface area (Å²) in [4.78, 5) is 11.1. The molecule has 3 N–H and O–H groups in total. The first-order valence-electron chi connectivity index (χ1n) is 4.61. The topological polar surface area (TPSA) is 53.2 Å². The molecule has 1 aromatic carbocycles. The lowest BCUT2D eigenvalue weighted by molar-refractivity contribution is -0.119. The molecule has 1 aliphatic heterocycles. The molecule has 4 heteroatoms. The number of carbonyl (C=O) groups excluding carboxylic acids is 1. The van der Waals surface area contributed by atoms with Gasteiger partial charge in [0.25, 0.3) is 0 Å². The zero-order chi connectivity index (χ0) is 9.97. The van der Waals surface area contributed by atoms with E-state index in [9.17, 15) is 4.79 Å². The van der Waals surface area contributed by atoms with Gasteiger partial charge in [-0.25, -0.2) is 0 Å². The molecule has 0 fully saturated rings. The van der Waals surface area contributed by atoms with Crippen molar-refractivity contribution >= 4 is 17.3 Å². The zero-order valence-corrected chi connectivity index (χ0v) is 8.05. The van der Waals surface area contributed by atoms with Crippen LogP contribution in [0.3, 0.4) is 0 Å². The number of fused-ring (bicyclic) bond motifs is 1. The Balaban J connectivity index is 2.16. The molecule has 4 nitrogen and oxygen atoms in total. The first-order valence-corrected chi connectivity index (χ1v) is 4.61. The fourth-order valence-corrected chi connectivity index (χ4v) is 1.51. The van der Waals surface area contributed by atoms with Gasteiger partial charge >= 0.3 is 0 Å². The second kappa shape index (κ2) is 3.57. The van der Waals surface area contributed by atoms with E-state index >= 15 is 0 Å². The second-order valence-electron chi connectivity index (χ2n) is 3.26. The molecule has 0 saturated heterocycles. The smallest absolute Gasteiger partial charge is 0.224 e. The minimum Gasteiger partial charge on any atom is -0.366 e. The summed E-state index contributed by atoms with van der Waals surface area (Å²) in [6, 6.07) is 5.96. The molecule has 1 aliphatic rings. The van der Waals surface area contributed by atoms with Crippen molar-refractivity contribution < 1.29 is 4.79 Å². The van der Waals surface area contributed by atoms with Crippen LogP contribution in [-0.2, 0) is 11.2 Å². The van der Waals surface area contributed by atoms with Crippen LogP contribution >= 0.6 is 0 Å². The van der Waals surface area contributed by atoms with Crippen LogP contribution in [0.1, 0.15) is 5.56 Å². The normalized spacial score (nSPS) is 12.6. The number of nitrogens with one attached hydrogen (secondary N) is 3. The predicted molar refractivity (Wildman–Crippen MR) is 56.3 cm³/mol. The van der Waals surface area contributed by atoms with Gasteiger partial charge in [-0.15, -0.1) is 0 Å². The molecule has 0 radical (unpaired) electrons. The quantitative estimate of drug-likeness (QED) is 0.647. The van der Waals surface area contributed by atoms with Crippen molar-refractivity contribution in [3.8, 4) is 0 Å². The maximum Gasteiger partial charge on any atom is 0.224 e. The van der Waals surface area contributed by atoms with E-state index in [0.717, 1.165) is 23.6 Å². The maximum atomic E-state index is 11.1. The van der Waals surface area contributed by atoms with E-state index in [-0.39, 0.29) is 5.91 Å². The van der Waals surface area contributed by atoms with Crippen LogP contribution in [0, 0.1) is 0 Å². The number of rotatable bonds is 2. The van der Waals surface area contributed by atoms with Crippen molar-refractivity contribution in [3.63, 3.8) is 0 Å². The van der Waals surface area contributed by atoms with Crippen molar-refractivity contribution in [1.82, 2.24) is 5.32 Å². The lowest BCUT2D eigenvalue weighted by Crippen LogP contribution is -2.19. The summed E-state index contributed by atoms with van der Waals surface area (Å²) >= 11 is 0. The Morgan fingerprint density at radius 2 is 2.21 bits per heavy atom. The predicted octanol–water partition coefficient (Wildman–Crippen LogP) is 0.770. The van der Waals surface area contributed by atoms with E-state index < -0.39 is 0 Å². The highest BCUT2D eigenvalue weighted by molar-refractivity contribution is 5.80. The Morgan fingerprint density at radius 1 is 1.43 bits per heavy atom. The van der Waals surface area contributed by atoms with Crippen LogP contribution in [0.15, 0.2) is 18.2 Å². The van der Waals surface area contributed by atoms with E-state index in [4.69, 9.17) is 0 Å². The van der Waals surface area contributed by atoms with Gasteiger partial charge in [-0.1, -0.05) is 6.07 Å². The third-order valence-corrected chi connectivity index (χ3v) is 2.29. The van der Waals surface area contributed by atoms with Crippen LogP contribution in [-0.4, -0.2) is 19.6 Å². The average Bonchev–Trinajstić information content (AvgIpc) is 2.64. The molecule has 2 rings (SSSR count). The molecule has 1 aromatic rings. The van der Waals surface area contributed by atoms with Crippen molar-refractivity contribution in [3.05, 3.63) is 23.8 Å². The SMILES string of the molecule is CNC(=O)Cc1ccc2c(c1)NCN2. The number of anilines is 2. The average molecular weight is 191 g/mol. The Kier molecular flexibility index (Phi) is 2.26. The Morgan fingerprint density at radius 3 is 3.00 bits per heavy atom. The molecule has 0 atom stereocenters. The monoisotopic (exact) mass is 191 g/mol. The van der Waals surface area contributed by atoms with Crippen LogP contribution in [0.5, 0.6) is 0 Å². The lowest BCUT2D eigenvalue weighted by Gasteiger charge is -2.03. The van der Waals surface area contributed by atoms with E-state index in [0.29, 0.717) is 6.42 Å². The van der Waals surface area contributed by atoms with Crippen molar-refractivity contribution in [2.24, 2.45) is 0 Å². The molecule has 0 aromatic heterocycles. The molecule has 0 bridgehead atoms. The van der Waals surface area contributed by atoms with E-state index in [1.165, 1.54) is 0 Å². The van der Waals surface area contributed by atoms with E-state index in [1.54, 1.807) is 7.05 Å². The highest BCUT2D eigenvalue weighted by Crippen LogP contribution is 2.26. The van der Waals surface area contributed by atoms with Crippen LogP contribution in [0.2, 0.25) is 0 Å². The van der Waals surface area contributed by atoms with Gasteiger partial charge < -0.3 is 16.0 Å². The third kappa shape index (κ3) is 1.64. The van der Waals surface area contributed by atoms with Gasteiger partial charge in [-0.3, -0.25) is 4.79 Å². The molecule has 14 heavy (non-hydrogen) atoms. The Hall–Kier alpha value is -1.71. The van der Waals surface area contributed by atoms with Gasteiger partial charge in [-0.05, 0) is 17.7 Å². The molecule has 74 valence electrons. The van der Waals surface area contributed by atoms with Crippen LogP contribution in [0.25, 0.3) is 0 Å². The molecule has 0 saturated carbocycles. The van der Waals surface area contributed by atoms with Gasteiger partial charge in [-0.2, -0.15) is 0 Å². The molecule has 1 heterocycles. The van der Waals surface area contributed by atoms with Crippen LogP contribution in [0.4, 0.5) is 11.4 Å². The third-order valence-electron chi connectivity index (χ3n) is 2.29. The highest BCUT2D eigenvalue weighted by atomic mass is 16.1. The van der Waals surface area contributed by atoms with Crippen LogP contribution < -0.4 is 16.0 Å². The minimum absolute atomic E-state index is 0.0379. The fraction of sp³-hybridized carbons (Fsp3) is 0.300. The first-order chi connectivity index (χ1) is 6.79. The van der Waals surface area contributed by atoms with E-state index in [1.807, 2.05) is 18.2 Å². The van der Waals surface area contributed by atoms with Gasteiger partial charge in [0.15, 0.2) is 0 Å². The summed E-state index contributed by atoms with van der Waals surface area (Å²) in [5.74, 6) is 0.0379. The molecular weight excluding hydrogens is 178 g/mol. The lowest BCUT2D eigenvalue weighted by atomic mass is 10.1. The summed E-state index contributed by atoms with van der Waals surface area (Å²) in [6.07, 6.45) is 0.436. The van der Waals surface area contributed by atoms with Gasteiger partial charge in [0.2, 0.25) is 5.91 Å². The zero-order valence-electron chi connectivity index (χ0n) is 8.05. The summed E-state index contributed by atoms with van der Waals surface area (Å²) in [7, 11) is 1.65. The van der Waals surface area contributed by atoms with Crippen molar-refractivity contribution in [2.45, 2.75) is 6.42 Å². The first kappa shape index (κ1) is 8.87. The number of hydrogen-bond donors (Lipinski definition) is 3. The highest BCUT2D eigenvalue weighted by Gasteiger charge is 2.09. The molecule has 0 aliphatic carbocycles.